The zero-order chi connectivity index (χ0) is 13.1. The molecule has 98 valence electrons. The number of rotatable bonds is 3. The van der Waals surface area contributed by atoms with Crippen LogP contribution in [0.25, 0.3) is 0 Å². The molecule has 0 aromatic carbocycles. The first-order valence-electron chi connectivity index (χ1n) is 5.90. The van der Waals surface area contributed by atoms with Crippen LogP contribution in [0.15, 0.2) is 4.52 Å². The lowest BCUT2D eigenvalue weighted by atomic mass is 9.86. The Balaban J connectivity index is 1.85. The van der Waals surface area contributed by atoms with Gasteiger partial charge in [-0.3, -0.25) is 9.59 Å². The molecule has 18 heavy (non-hydrogen) atoms. The van der Waals surface area contributed by atoms with Crippen molar-refractivity contribution in [3.8, 4) is 0 Å². The number of carbonyl (C=O) groups is 2. The summed E-state index contributed by atoms with van der Waals surface area (Å²) in [5.41, 5.74) is 0. The molecular formula is C11H15N3O4. The average Bonchev–Trinajstić information content (AvgIpc) is 2.76. The predicted octanol–water partition coefficient (Wildman–Crippen LogP) is 0.751. The van der Waals surface area contributed by atoms with Crippen molar-refractivity contribution in [3.05, 3.63) is 11.7 Å². The fraction of sp³-hybridized carbons (Fsp3) is 0.636. The molecule has 1 saturated carbocycles. The molecule has 1 aromatic rings. The maximum absolute atomic E-state index is 11.7. The first-order valence-corrected chi connectivity index (χ1v) is 5.90. The molecule has 0 radical (unpaired) electrons. The molecule has 0 bridgehead atoms. The average molecular weight is 253 g/mol. The fourth-order valence-electron chi connectivity index (χ4n) is 2.13. The molecule has 2 N–H and O–H groups in total. The van der Waals surface area contributed by atoms with Gasteiger partial charge in [0.2, 0.25) is 5.89 Å². The summed E-state index contributed by atoms with van der Waals surface area (Å²) in [5.74, 6) is -1.05. The third kappa shape index (κ3) is 2.85. The van der Waals surface area contributed by atoms with Gasteiger partial charge in [-0.1, -0.05) is 5.16 Å². The van der Waals surface area contributed by atoms with Gasteiger partial charge in [0.05, 0.1) is 5.92 Å². The molecule has 1 aromatic heterocycles. The molecule has 2 rings (SSSR count). The minimum atomic E-state index is -0.756. The van der Waals surface area contributed by atoms with Gasteiger partial charge in [-0.05, 0) is 25.7 Å². The Morgan fingerprint density at radius 1 is 1.33 bits per heavy atom. The number of nitrogens with one attached hydrogen (secondary N) is 1. The van der Waals surface area contributed by atoms with Crippen molar-refractivity contribution in [1.82, 2.24) is 15.5 Å². The van der Waals surface area contributed by atoms with Crippen LogP contribution < -0.4 is 5.32 Å². The van der Waals surface area contributed by atoms with Crippen LogP contribution in [0.5, 0.6) is 0 Å². The van der Waals surface area contributed by atoms with Gasteiger partial charge < -0.3 is 14.9 Å². The molecule has 0 spiro atoms. The Morgan fingerprint density at radius 3 is 2.50 bits per heavy atom. The summed E-state index contributed by atoms with van der Waals surface area (Å²) in [6.07, 6.45) is 2.51. The van der Waals surface area contributed by atoms with Crippen LogP contribution in [0.2, 0.25) is 0 Å². The van der Waals surface area contributed by atoms with E-state index < -0.39 is 5.97 Å². The Labute approximate surface area is 104 Å². The highest BCUT2D eigenvalue weighted by atomic mass is 16.5. The van der Waals surface area contributed by atoms with E-state index in [4.69, 9.17) is 9.63 Å². The number of nitrogens with zero attached hydrogens (tertiary/aromatic N) is 2. The second-order valence-electron chi connectivity index (χ2n) is 4.50. The van der Waals surface area contributed by atoms with Crippen LogP contribution in [0.1, 0.15) is 42.2 Å². The standard InChI is InChI=1S/C11H15N3O4/c1-6-12-9(14-18-6)10(15)13-8-4-2-7(3-5-8)11(16)17/h7-8H,2-5H2,1H3,(H,13,15)(H,16,17). The van der Waals surface area contributed by atoms with Crippen molar-refractivity contribution in [2.75, 3.05) is 0 Å². The van der Waals surface area contributed by atoms with Crippen LogP contribution in [-0.4, -0.2) is 33.2 Å². The lowest BCUT2D eigenvalue weighted by Gasteiger charge is -2.26. The summed E-state index contributed by atoms with van der Waals surface area (Å²) in [6, 6.07) is -0.00749. The van der Waals surface area contributed by atoms with E-state index in [0.717, 1.165) is 0 Å². The fourth-order valence-corrected chi connectivity index (χ4v) is 2.13. The maximum Gasteiger partial charge on any atom is 0.306 e. The molecule has 1 aliphatic carbocycles. The molecule has 0 aliphatic heterocycles. The van der Waals surface area contributed by atoms with Crippen molar-refractivity contribution >= 4 is 11.9 Å². The summed E-state index contributed by atoms with van der Waals surface area (Å²) in [4.78, 5) is 26.4. The van der Waals surface area contributed by atoms with Crippen LogP contribution in [0, 0.1) is 12.8 Å². The van der Waals surface area contributed by atoms with E-state index >= 15 is 0 Å². The number of aliphatic carboxylic acids is 1. The van der Waals surface area contributed by atoms with Crippen molar-refractivity contribution in [3.63, 3.8) is 0 Å². The van der Waals surface area contributed by atoms with Gasteiger partial charge in [0, 0.05) is 13.0 Å². The smallest absolute Gasteiger partial charge is 0.306 e. The normalized spacial score (nSPS) is 23.6. The summed E-state index contributed by atoms with van der Waals surface area (Å²) in [6.45, 7) is 1.61. The Kier molecular flexibility index (Phi) is 3.59. The summed E-state index contributed by atoms with van der Waals surface area (Å²) in [5, 5.41) is 15.2. The molecule has 1 amide bonds. The Bertz CT molecular complexity index is 449. The minimum absolute atomic E-state index is 0.00749. The topological polar surface area (TPSA) is 105 Å². The number of aryl methyl sites for hydroxylation is 1. The first-order chi connectivity index (χ1) is 8.56. The van der Waals surface area contributed by atoms with Crippen molar-refractivity contribution < 1.29 is 19.2 Å². The van der Waals surface area contributed by atoms with E-state index in [-0.39, 0.29) is 23.7 Å². The summed E-state index contributed by atoms with van der Waals surface area (Å²) in [7, 11) is 0. The van der Waals surface area contributed by atoms with E-state index in [1.54, 1.807) is 6.92 Å². The van der Waals surface area contributed by atoms with Crippen LogP contribution in [-0.2, 0) is 4.79 Å². The zero-order valence-corrected chi connectivity index (χ0v) is 10.0. The number of amides is 1. The molecule has 7 nitrogen and oxygen atoms in total. The second kappa shape index (κ2) is 5.16. The SMILES string of the molecule is Cc1nc(C(=O)NC2CCC(C(=O)O)CC2)no1. The van der Waals surface area contributed by atoms with Gasteiger partial charge in [0.1, 0.15) is 0 Å². The number of hydrogen-bond acceptors (Lipinski definition) is 5. The molecule has 0 saturated heterocycles. The third-order valence-corrected chi connectivity index (χ3v) is 3.14. The highest BCUT2D eigenvalue weighted by molar-refractivity contribution is 5.90. The van der Waals surface area contributed by atoms with Gasteiger partial charge in [-0.2, -0.15) is 4.98 Å². The van der Waals surface area contributed by atoms with E-state index in [0.29, 0.717) is 31.6 Å². The van der Waals surface area contributed by atoms with Crippen molar-refractivity contribution in [2.24, 2.45) is 5.92 Å². The number of carboxylic acid groups (broad SMARTS) is 1. The Morgan fingerprint density at radius 2 is 2.00 bits per heavy atom. The van der Waals surface area contributed by atoms with Crippen molar-refractivity contribution in [1.29, 1.82) is 0 Å². The van der Waals surface area contributed by atoms with E-state index in [9.17, 15) is 9.59 Å². The van der Waals surface area contributed by atoms with E-state index in [2.05, 4.69) is 15.5 Å². The summed E-state index contributed by atoms with van der Waals surface area (Å²) < 4.78 is 4.72. The second-order valence-corrected chi connectivity index (χ2v) is 4.50. The molecule has 0 atom stereocenters. The van der Waals surface area contributed by atoms with Crippen LogP contribution >= 0.6 is 0 Å². The lowest BCUT2D eigenvalue weighted by Crippen LogP contribution is -2.39. The number of carboxylic acids is 1. The monoisotopic (exact) mass is 253 g/mol. The van der Waals surface area contributed by atoms with E-state index in [1.807, 2.05) is 0 Å². The van der Waals surface area contributed by atoms with Crippen LogP contribution in [0.3, 0.4) is 0 Å². The van der Waals surface area contributed by atoms with Gasteiger partial charge >= 0.3 is 5.97 Å². The molecule has 1 aliphatic rings. The molecular weight excluding hydrogens is 238 g/mol. The van der Waals surface area contributed by atoms with Gasteiger partial charge in [-0.15, -0.1) is 0 Å². The number of hydrogen-bond donors (Lipinski definition) is 2. The quantitative estimate of drug-likeness (QED) is 0.823. The highest BCUT2D eigenvalue weighted by Crippen LogP contribution is 2.24. The molecule has 0 unspecified atom stereocenters. The molecule has 7 heteroatoms. The Hall–Kier alpha value is -1.92. The maximum atomic E-state index is 11.7. The van der Waals surface area contributed by atoms with Crippen molar-refractivity contribution in [2.45, 2.75) is 38.6 Å². The van der Waals surface area contributed by atoms with Crippen LogP contribution in [0.4, 0.5) is 0 Å². The number of aromatic nitrogens is 2. The molecule has 1 fully saturated rings. The minimum Gasteiger partial charge on any atom is -0.481 e. The summed E-state index contributed by atoms with van der Waals surface area (Å²) >= 11 is 0. The zero-order valence-electron chi connectivity index (χ0n) is 10.0. The van der Waals surface area contributed by atoms with Gasteiger partial charge in [0.25, 0.3) is 11.7 Å². The largest absolute Gasteiger partial charge is 0.481 e. The molecule has 1 heterocycles. The number of carbonyl (C=O) groups excluding carboxylic acids is 1. The predicted molar refractivity (Wildman–Crippen MR) is 59.9 cm³/mol. The third-order valence-electron chi connectivity index (χ3n) is 3.14. The highest BCUT2D eigenvalue weighted by Gasteiger charge is 2.27. The first kappa shape index (κ1) is 12.5. The van der Waals surface area contributed by atoms with Gasteiger partial charge in [0.15, 0.2) is 0 Å². The lowest BCUT2D eigenvalue weighted by molar-refractivity contribution is -0.142. The van der Waals surface area contributed by atoms with Gasteiger partial charge in [-0.25, -0.2) is 0 Å². The van der Waals surface area contributed by atoms with E-state index in [1.165, 1.54) is 0 Å².